The Morgan fingerprint density at radius 2 is 0.647 bits per heavy atom. The minimum Gasteiger partial charge on any atom is -0.310 e. The van der Waals surface area contributed by atoms with Gasteiger partial charge in [0.1, 0.15) is 0 Å². The maximum atomic E-state index is 2.42. The highest BCUT2D eigenvalue weighted by atomic mass is 15.1. The van der Waals surface area contributed by atoms with Crippen molar-refractivity contribution in [1.29, 1.82) is 0 Å². The van der Waals surface area contributed by atoms with Crippen molar-refractivity contribution in [2.45, 2.75) is 0 Å². The van der Waals surface area contributed by atoms with Crippen molar-refractivity contribution in [2.75, 3.05) is 4.90 Å². The first-order chi connectivity index (χ1) is 25.3. The third-order valence-electron chi connectivity index (χ3n) is 10.4. The lowest BCUT2D eigenvalue weighted by Crippen LogP contribution is -2.09. The van der Waals surface area contributed by atoms with Gasteiger partial charge in [0.05, 0.1) is 0 Å². The average Bonchev–Trinajstić information content (AvgIpc) is 3.21. The standard InChI is InChI=1S/C50H33N/c1-3-15-40(16-4-1)51(41-17-5-2-6-18-41)42-28-27-36-30-39(26-24-37(36)31-42)48-33-50-45-21-11-9-19-43(45)47(32-49(50)46-22-12-10-20-44(46)48)38-25-23-34-13-7-8-14-35(34)29-38/h1-33H. The number of nitrogens with zero attached hydrogens (tertiary/aromatic N) is 1. The zero-order valence-corrected chi connectivity index (χ0v) is 28.0. The van der Waals surface area contributed by atoms with Crippen LogP contribution in [0.25, 0.3) is 76.1 Å². The molecule has 0 aromatic heterocycles. The van der Waals surface area contributed by atoms with Crippen LogP contribution in [0.5, 0.6) is 0 Å². The van der Waals surface area contributed by atoms with Gasteiger partial charge in [-0.1, -0.05) is 140 Å². The summed E-state index contributed by atoms with van der Waals surface area (Å²) in [5.41, 5.74) is 8.39. The lowest BCUT2D eigenvalue weighted by Gasteiger charge is -2.25. The van der Waals surface area contributed by atoms with Crippen LogP contribution in [0.2, 0.25) is 0 Å². The van der Waals surface area contributed by atoms with E-state index in [0.717, 1.165) is 17.1 Å². The molecule has 0 saturated carbocycles. The number of para-hydroxylation sites is 2. The Labute approximate surface area is 297 Å². The van der Waals surface area contributed by atoms with Gasteiger partial charge in [0, 0.05) is 17.1 Å². The molecule has 0 N–H and O–H groups in total. The van der Waals surface area contributed by atoms with Crippen molar-refractivity contribution in [1.82, 2.24) is 0 Å². The van der Waals surface area contributed by atoms with Crippen molar-refractivity contribution in [3.8, 4) is 22.3 Å². The summed E-state index contributed by atoms with van der Waals surface area (Å²) in [6.07, 6.45) is 0. The van der Waals surface area contributed by atoms with E-state index < -0.39 is 0 Å². The van der Waals surface area contributed by atoms with Gasteiger partial charge in [-0.3, -0.25) is 0 Å². The molecule has 238 valence electrons. The predicted octanol–water partition coefficient (Wildman–Crippen LogP) is 14.3. The van der Waals surface area contributed by atoms with Crippen LogP contribution in [0.15, 0.2) is 200 Å². The van der Waals surface area contributed by atoms with Crippen molar-refractivity contribution in [2.24, 2.45) is 0 Å². The van der Waals surface area contributed by atoms with Gasteiger partial charge >= 0.3 is 0 Å². The molecule has 10 aromatic rings. The molecular formula is C50H33N. The second-order valence-electron chi connectivity index (χ2n) is 13.3. The summed E-state index contributed by atoms with van der Waals surface area (Å²) in [5.74, 6) is 0. The minimum absolute atomic E-state index is 1.14. The zero-order chi connectivity index (χ0) is 33.7. The van der Waals surface area contributed by atoms with E-state index in [9.17, 15) is 0 Å². The molecule has 0 heterocycles. The van der Waals surface area contributed by atoms with Gasteiger partial charge < -0.3 is 4.90 Å². The van der Waals surface area contributed by atoms with Crippen LogP contribution in [0, 0.1) is 0 Å². The lowest BCUT2D eigenvalue weighted by atomic mass is 9.87. The van der Waals surface area contributed by atoms with E-state index in [0.29, 0.717) is 0 Å². The Balaban J connectivity index is 1.14. The van der Waals surface area contributed by atoms with E-state index in [4.69, 9.17) is 0 Å². The smallest absolute Gasteiger partial charge is 0.0468 e. The van der Waals surface area contributed by atoms with Gasteiger partial charge in [-0.2, -0.15) is 0 Å². The number of fused-ring (bicyclic) bond motifs is 7. The monoisotopic (exact) mass is 647 g/mol. The normalized spacial score (nSPS) is 11.5. The first-order valence-electron chi connectivity index (χ1n) is 17.6. The summed E-state index contributed by atoms with van der Waals surface area (Å²) in [7, 11) is 0. The highest BCUT2D eigenvalue weighted by molar-refractivity contribution is 6.24. The number of rotatable bonds is 5. The number of hydrogen-bond acceptors (Lipinski definition) is 1. The summed E-state index contributed by atoms with van der Waals surface area (Å²) < 4.78 is 0. The number of anilines is 3. The zero-order valence-electron chi connectivity index (χ0n) is 28.0. The van der Waals surface area contributed by atoms with Gasteiger partial charge in [0.2, 0.25) is 0 Å². The number of benzene rings is 10. The summed E-state index contributed by atoms with van der Waals surface area (Å²) in [6.45, 7) is 0. The van der Waals surface area contributed by atoms with Crippen molar-refractivity contribution < 1.29 is 0 Å². The third kappa shape index (κ3) is 5.02. The summed E-state index contributed by atoms with van der Waals surface area (Å²) >= 11 is 0. The second kappa shape index (κ2) is 12.0. The van der Waals surface area contributed by atoms with Crippen molar-refractivity contribution >= 4 is 70.9 Å². The highest BCUT2D eigenvalue weighted by Crippen LogP contribution is 2.43. The second-order valence-corrected chi connectivity index (χ2v) is 13.3. The van der Waals surface area contributed by atoms with Gasteiger partial charge in [-0.15, -0.1) is 0 Å². The molecule has 0 spiro atoms. The molecule has 10 aromatic carbocycles. The van der Waals surface area contributed by atoms with Gasteiger partial charge in [-0.25, -0.2) is 0 Å². The summed E-state index contributed by atoms with van der Waals surface area (Å²) in [5, 5.41) is 12.6. The highest BCUT2D eigenvalue weighted by Gasteiger charge is 2.16. The van der Waals surface area contributed by atoms with Crippen LogP contribution in [-0.4, -0.2) is 0 Å². The van der Waals surface area contributed by atoms with Crippen LogP contribution in [0.4, 0.5) is 17.1 Å². The Morgan fingerprint density at radius 1 is 0.235 bits per heavy atom. The lowest BCUT2D eigenvalue weighted by molar-refractivity contribution is 1.29. The maximum Gasteiger partial charge on any atom is 0.0468 e. The molecule has 10 rings (SSSR count). The quantitative estimate of drug-likeness (QED) is 0.168. The molecule has 0 saturated heterocycles. The molecule has 0 amide bonds. The minimum atomic E-state index is 1.14. The molecule has 0 fully saturated rings. The van der Waals surface area contributed by atoms with Crippen molar-refractivity contribution in [3.05, 3.63) is 200 Å². The molecule has 0 bridgehead atoms. The van der Waals surface area contributed by atoms with Crippen molar-refractivity contribution in [3.63, 3.8) is 0 Å². The molecule has 0 aliphatic carbocycles. The van der Waals surface area contributed by atoms with Gasteiger partial charge in [0.15, 0.2) is 0 Å². The first-order valence-corrected chi connectivity index (χ1v) is 17.6. The third-order valence-corrected chi connectivity index (χ3v) is 10.4. The van der Waals surface area contributed by atoms with Crippen LogP contribution in [-0.2, 0) is 0 Å². The molecule has 0 unspecified atom stereocenters. The first kappa shape index (κ1) is 29.2. The fourth-order valence-corrected chi connectivity index (χ4v) is 7.93. The fourth-order valence-electron chi connectivity index (χ4n) is 7.93. The van der Waals surface area contributed by atoms with Crippen LogP contribution in [0.3, 0.4) is 0 Å². The Morgan fingerprint density at radius 3 is 1.22 bits per heavy atom. The number of hydrogen-bond donors (Lipinski definition) is 0. The molecule has 1 heteroatoms. The fraction of sp³-hybridized carbons (Fsp3) is 0. The van der Waals surface area contributed by atoms with E-state index in [2.05, 4.69) is 205 Å². The Bertz CT molecular complexity index is 2870. The van der Waals surface area contributed by atoms with Gasteiger partial charge in [0.25, 0.3) is 0 Å². The summed E-state index contributed by atoms with van der Waals surface area (Å²) in [6, 6.07) is 73.0. The topological polar surface area (TPSA) is 3.24 Å². The average molecular weight is 648 g/mol. The molecule has 51 heavy (non-hydrogen) atoms. The predicted molar refractivity (Wildman–Crippen MR) is 220 cm³/mol. The van der Waals surface area contributed by atoms with E-state index >= 15 is 0 Å². The molecule has 1 nitrogen and oxygen atoms in total. The van der Waals surface area contributed by atoms with Crippen LogP contribution < -0.4 is 4.90 Å². The molecule has 0 atom stereocenters. The maximum absolute atomic E-state index is 2.42. The summed E-state index contributed by atoms with van der Waals surface area (Å²) in [4.78, 5) is 2.32. The van der Waals surface area contributed by atoms with Gasteiger partial charge in [-0.05, 0) is 137 Å². The SMILES string of the molecule is c1ccc(N(c2ccccc2)c2ccc3cc(-c4cc5c6ccccc6c(-c6ccc7ccccc7c6)cc5c5ccccc45)ccc3c2)cc1. The van der Waals surface area contributed by atoms with E-state index in [-0.39, 0.29) is 0 Å². The van der Waals surface area contributed by atoms with Crippen LogP contribution in [0.1, 0.15) is 0 Å². The van der Waals surface area contributed by atoms with E-state index in [1.54, 1.807) is 0 Å². The molecular weight excluding hydrogens is 615 g/mol. The largest absolute Gasteiger partial charge is 0.310 e. The molecule has 0 radical (unpaired) electrons. The van der Waals surface area contributed by atoms with Crippen LogP contribution >= 0.6 is 0 Å². The Hall–Kier alpha value is -6.70. The molecule has 0 aliphatic heterocycles. The van der Waals surface area contributed by atoms with E-state index in [1.165, 1.54) is 76.1 Å². The molecule has 0 aliphatic rings. The van der Waals surface area contributed by atoms with E-state index in [1.807, 2.05) is 0 Å². The Kier molecular flexibility index (Phi) is 6.89.